The van der Waals surface area contributed by atoms with Crippen molar-refractivity contribution in [3.05, 3.63) is 12.7 Å². The van der Waals surface area contributed by atoms with Crippen molar-refractivity contribution in [1.82, 2.24) is 0 Å². The third-order valence-electron chi connectivity index (χ3n) is 1.82. The maximum atomic E-state index is 10.9. The number of carbonyl (C=O) groups is 1. The van der Waals surface area contributed by atoms with Gasteiger partial charge in [-0.2, -0.15) is 0 Å². The molecule has 84 valence electrons. The van der Waals surface area contributed by atoms with Gasteiger partial charge in [-0.3, -0.25) is 4.79 Å². The molecule has 0 saturated heterocycles. The van der Waals surface area contributed by atoms with Crippen LogP contribution in [-0.2, 0) is 4.79 Å². The van der Waals surface area contributed by atoms with Crippen molar-refractivity contribution in [3.63, 3.8) is 0 Å². The van der Waals surface area contributed by atoms with Crippen LogP contribution in [0.25, 0.3) is 0 Å². The average molecular weight is 224 g/mol. The lowest BCUT2D eigenvalue weighted by Gasteiger charge is -2.07. The van der Waals surface area contributed by atoms with Gasteiger partial charge in [0.15, 0.2) is 0 Å². The number of carboxylic acid groups (broad SMARTS) is 1. The smallest absolute Gasteiger partial charge is 0.318 e. The van der Waals surface area contributed by atoms with Gasteiger partial charge in [-0.05, 0) is 19.3 Å². The fourth-order valence-corrected chi connectivity index (χ4v) is 1.63. The molecule has 1 atom stereocenters. The highest BCUT2D eigenvalue weighted by Gasteiger charge is 2.15. The van der Waals surface area contributed by atoms with E-state index < -0.39 is 20.0 Å². The Morgan fingerprint density at radius 3 is 2.53 bits per heavy atom. The molecular formula is C12H20O2Si. The van der Waals surface area contributed by atoms with Crippen molar-refractivity contribution in [2.45, 2.75) is 38.9 Å². The number of aliphatic carboxylic acids is 1. The molecule has 0 aromatic carbocycles. The van der Waals surface area contributed by atoms with E-state index in [2.05, 4.69) is 37.7 Å². The summed E-state index contributed by atoms with van der Waals surface area (Å²) in [5.74, 6) is 1.59. The molecule has 0 bridgehead atoms. The van der Waals surface area contributed by atoms with Gasteiger partial charge in [0.2, 0.25) is 0 Å². The highest BCUT2D eigenvalue weighted by molar-refractivity contribution is 6.83. The largest absolute Gasteiger partial charge is 0.480 e. The van der Waals surface area contributed by atoms with Crippen LogP contribution in [0.3, 0.4) is 0 Å². The van der Waals surface area contributed by atoms with Crippen molar-refractivity contribution in [1.29, 1.82) is 0 Å². The summed E-state index contributed by atoms with van der Waals surface area (Å²) in [6.45, 7) is 9.95. The van der Waals surface area contributed by atoms with E-state index in [1.165, 1.54) is 0 Å². The van der Waals surface area contributed by atoms with E-state index in [4.69, 9.17) is 5.11 Å². The Hall–Kier alpha value is -1.01. The van der Waals surface area contributed by atoms with Gasteiger partial charge in [0.1, 0.15) is 14.0 Å². The second-order valence-electron chi connectivity index (χ2n) is 4.63. The number of hydrogen-bond donors (Lipinski definition) is 1. The second kappa shape index (κ2) is 6.47. The standard InChI is InChI=1S/C12H20O2Si/c1-5-6-7-8-11(12(13)14)9-10-15(2,3)4/h5,11H,1,6-8H2,2-4H3,(H,13,14). The van der Waals surface area contributed by atoms with E-state index in [0.717, 1.165) is 12.8 Å². The van der Waals surface area contributed by atoms with Crippen LogP contribution in [-0.4, -0.2) is 19.1 Å². The van der Waals surface area contributed by atoms with Crippen LogP contribution >= 0.6 is 0 Å². The van der Waals surface area contributed by atoms with Crippen LogP contribution in [0.5, 0.6) is 0 Å². The van der Waals surface area contributed by atoms with Crippen LogP contribution in [0.2, 0.25) is 19.6 Å². The summed E-state index contributed by atoms with van der Waals surface area (Å²) in [5, 5.41) is 8.96. The van der Waals surface area contributed by atoms with Crippen LogP contribution < -0.4 is 0 Å². The predicted molar refractivity (Wildman–Crippen MR) is 66.3 cm³/mol. The molecule has 0 aromatic heterocycles. The molecule has 1 N–H and O–H groups in total. The zero-order chi connectivity index (χ0) is 11.9. The lowest BCUT2D eigenvalue weighted by Crippen LogP contribution is -2.19. The first-order valence-corrected chi connectivity index (χ1v) is 8.73. The highest BCUT2D eigenvalue weighted by atomic mass is 28.3. The van der Waals surface area contributed by atoms with Crippen molar-refractivity contribution < 1.29 is 9.90 Å². The minimum absolute atomic E-state index is 0.503. The van der Waals surface area contributed by atoms with Gasteiger partial charge in [-0.25, -0.2) is 0 Å². The van der Waals surface area contributed by atoms with Crippen LogP contribution in [0, 0.1) is 17.4 Å². The minimum Gasteiger partial charge on any atom is -0.480 e. The average Bonchev–Trinajstić information content (AvgIpc) is 2.08. The molecule has 0 fully saturated rings. The Morgan fingerprint density at radius 1 is 1.53 bits per heavy atom. The van der Waals surface area contributed by atoms with Crippen LogP contribution in [0.4, 0.5) is 0 Å². The molecule has 0 aliphatic carbocycles. The molecule has 3 heteroatoms. The van der Waals surface area contributed by atoms with Crippen molar-refractivity contribution >= 4 is 14.0 Å². The van der Waals surface area contributed by atoms with Gasteiger partial charge in [-0.1, -0.05) is 31.6 Å². The molecule has 15 heavy (non-hydrogen) atoms. The zero-order valence-corrected chi connectivity index (χ0v) is 10.8. The first kappa shape index (κ1) is 14.0. The van der Waals surface area contributed by atoms with Gasteiger partial charge in [0.05, 0.1) is 0 Å². The van der Waals surface area contributed by atoms with E-state index in [1.54, 1.807) is 0 Å². The molecule has 0 saturated carbocycles. The maximum Gasteiger partial charge on any atom is 0.318 e. The summed E-state index contributed by atoms with van der Waals surface area (Å²) >= 11 is 0. The molecule has 1 unspecified atom stereocenters. The molecule has 2 nitrogen and oxygen atoms in total. The number of hydrogen-bond acceptors (Lipinski definition) is 1. The third-order valence-corrected chi connectivity index (χ3v) is 2.71. The zero-order valence-electron chi connectivity index (χ0n) is 9.84. The summed E-state index contributed by atoms with van der Waals surface area (Å²) in [6.07, 6.45) is 4.14. The van der Waals surface area contributed by atoms with E-state index in [9.17, 15) is 4.79 Å². The quantitative estimate of drug-likeness (QED) is 0.337. The fourth-order valence-electron chi connectivity index (χ4n) is 1.03. The van der Waals surface area contributed by atoms with E-state index >= 15 is 0 Å². The molecule has 0 aliphatic rings. The van der Waals surface area contributed by atoms with Gasteiger partial charge in [0, 0.05) is 0 Å². The molecule has 0 amide bonds. The summed E-state index contributed by atoms with van der Waals surface area (Å²) in [4.78, 5) is 10.9. The summed E-state index contributed by atoms with van der Waals surface area (Å²) in [7, 11) is -1.46. The third kappa shape index (κ3) is 8.01. The molecule has 0 heterocycles. The molecule has 0 aromatic rings. The van der Waals surface area contributed by atoms with Crippen molar-refractivity contribution in [2.24, 2.45) is 5.92 Å². The van der Waals surface area contributed by atoms with E-state index in [-0.39, 0.29) is 0 Å². The Bertz CT molecular complexity index is 278. The number of unbranched alkanes of at least 4 members (excludes halogenated alkanes) is 1. The maximum absolute atomic E-state index is 10.9. The highest BCUT2D eigenvalue weighted by Crippen LogP contribution is 2.09. The van der Waals surface area contributed by atoms with Crippen LogP contribution in [0.1, 0.15) is 19.3 Å². The van der Waals surface area contributed by atoms with Crippen molar-refractivity contribution in [3.8, 4) is 11.5 Å². The number of allylic oxidation sites excluding steroid dienone is 1. The Balaban J connectivity index is 4.33. The van der Waals surface area contributed by atoms with Gasteiger partial charge in [-0.15, -0.1) is 12.1 Å². The molecule has 0 rings (SSSR count). The Kier molecular flexibility index (Phi) is 6.03. The Labute approximate surface area is 93.4 Å². The van der Waals surface area contributed by atoms with Gasteiger partial charge < -0.3 is 5.11 Å². The first-order valence-electron chi connectivity index (χ1n) is 5.23. The predicted octanol–water partition coefficient (Wildman–Crippen LogP) is 2.92. The summed E-state index contributed by atoms with van der Waals surface area (Å²) in [5.41, 5.74) is 3.11. The SMILES string of the molecule is C=CCCCC(C#C[Si](C)(C)C)C(=O)O. The molecule has 0 aliphatic heterocycles. The van der Waals surface area contributed by atoms with Gasteiger partial charge >= 0.3 is 5.97 Å². The summed E-state index contributed by atoms with van der Waals surface area (Å²) < 4.78 is 0. The van der Waals surface area contributed by atoms with E-state index in [0.29, 0.717) is 6.42 Å². The molecular weight excluding hydrogens is 204 g/mol. The fraction of sp³-hybridized carbons (Fsp3) is 0.583. The molecule has 0 spiro atoms. The monoisotopic (exact) mass is 224 g/mol. The Morgan fingerprint density at radius 2 is 2.13 bits per heavy atom. The van der Waals surface area contributed by atoms with Crippen LogP contribution in [0.15, 0.2) is 12.7 Å². The molecule has 0 radical (unpaired) electrons. The summed E-state index contributed by atoms with van der Waals surface area (Å²) in [6, 6.07) is 0. The lowest BCUT2D eigenvalue weighted by molar-refractivity contribution is -0.139. The minimum atomic E-state index is -1.46. The van der Waals surface area contributed by atoms with Gasteiger partial charge in [0.25, 0.3) is 0 Å². The lowest BCUT2D eigenvalue weighted by atomic mass is 10.0. The normalized spacial score (nSPS) is 12.5. The first-order chi connectivity index (χ1) is 6.87. The topological polar surface area (TPSA) is 37.3 Å². The van der Waals surface area contributed by atoms with Crippen molar-refractivity contribution in [2.75, 3.05) is 0 Å². The second-order valence-corrected chi connectivity index (χ2v) is 9.38. The van der Waals surface area contributed by atoms with E-state index in [1.807, 2.05) is 6.08 Å². The number of rotatable bonds is 5. The number of carboxylic acids is 1.